The summed E-state index contributed by atoms with van der Waals surface area (Å²) in [5.41, 5.74) is 3.77. The van der Waals surface area contributed by atoms with Gasteiger partial charge in [-0.15, -0.1) is 0 Å². The summed E-state index contributed by atoms with van der Waals surface area (Å²) >= 11 is 5.27. The molecule has 7 rings (SSSR count). The lowest BCUT2D eigenvalue weighted by Crippen LogP contribution is -2.59. The minimum Gasteiger partial charge on any atom is -0.408 e. The van der Waals surface area contributed by atoms with Crippen molar-refractivity contribution in [2.24, 2.45) is 0 Å². The topological polar surface area (TPSA) is 112 Å². The number of fused-ring (bicyclic) bond motifs is 1. The van der Waals surface area contributed by atoms with Crippen LogP contribution in [0.25, 0.3) is 11.2 Å². The monoisotopic (exact) mass is 788 g/mol. The van der Waals surface area contributed by atoms with Gasteiger partial charge < -0.3 is 19.0 Å². The molecule has 13 heteroatoms. The molecule has 0 saturated carbocycles. The van der Waals surface area contributed by atoms with Gasteiger partial charge in [0.1, 0.15) is 26.1 Å². The Morgan fingerprint density at radius 3 is 1.91 bits per heavy atom. The van der Waals surface area contributed by atoms with Crippen LogP contribution in [0, 0.1) is 0 Å². The van der Waals surface area contributed by atoms with Gasteiger partial charge >= 0.3 is 0 Å². The first-order valence-electron chi connectivity index (χ1n) is 18.3. The van der Waals surface area contributed by atoms with Crippen molar-refractivity contribution in [2.75, 3.05) is 11.9 Å². The highest BCUT2D eigenvalue weighted by atomic mass is 32.4. The Balaban J connectivity index is 1.39. The molecule has 0 radical (unpaired) electrons. The van der Waals surface area contributed by atoms with E-state index < -0.39 is 38.3 Å². The van der Waals surface area contributed by atoms with E-state index in [9.17, 15) is 4.79 Å². The number of carbonyl (C=O) groups excluding carboxylic acids is 1. The fourth-order valence-corrected chi connectivity index (χ4v) is 8.68. The van der Waals surface area contributed by atoms with Crippen LogP contribution in [0.2, 0.25) is 18.1 Å². The third-order valence-corrected chi connectivity index (χ3v) is 15.8. The van der Waals surface area contributed by atoms with Gasteiger partial charge in [-0.1, -0.05) is 130 Å². The van der Waals surface area contributed by atoms with Gasteiger partial charge in [-0.3, -0.25) is 14.7 Å². The largest absolute Gasteiger partial charge is 0.408 e. The Morgan fingerprint density at radius 2 is 1.38 bits per heavy atom. The van der Waals surface area contributed by atoms with Crippen LogP contribution >= 0.6 is 7.58 Å². The highest BCUT2D eigenvalue weighted by molar-refractivity contribution is 7.94. The molecule has 1 fully saturated rings. The number of benzene rings is 4. The first-order valence-corrected chi connectivity index (χ1v) is 23.0. The number of imidazole rings is 1. The van der Waals surface area contributed by atoms with Crippen molar-refractivity contribution in [3.05, 3.63) is 156 Å². The molecule has 3 heterocycles. The van der Waals surface area contributed by atoms with Crippen molar-refractivity contribution < 1.29 is 18.5 Å². The van der Waals surface area contributed by atoms with Gasteiger partial charge in [0.05, 0.1) is 24.5 Å². The standard InChI is InChI=1S/C42H45N6O4PSSi/c1-41(2,3)55(4,5)52-36-34(47-42(30-20-12-7-13-21-30,31-22-14-8-15-23-31)32-24-16-9-17-25-32)33(26-50-53-54)51-40(36)48-28-45-35-37(43-27-44-38(35)48)46-39(49)29-18-10-6-11-19-29/h6-25,27-28,33-34,36,40,47H,26H2,1-5H3,(H,43,44,46,49)/t33-,34-,36-,40-/m1/s1. The van der Waals surface area contributed by atoms with E-state index in [1.165, 1.54) is 6.33 Å². The van der Waals surface area contributed by atoms with Crippen LogP contribution in [0.3, 0.4) is 0 Å². The van der Waals surface area contributed by atoms with Crippen LogP contribution in [0.4, 0.5) is 5.82 Å². The maximum absolute atomic E-state index is 13.2. The van der Waals surface area contributed by atoms with Crippen molar-refractivity contribution in [2.45, 2.75) is 68.9 Å². The maximum Gasteiger partial charge on any atom is 0.256 e. The van der Waals surface area contributed by atoms with Crippen molar-refractivity contribution in [1.29, 1.82) is 0 Å². The molecule has 0 unspecified atom stereocenters. The van der Waals surface area contributed by atoms with E-state index in [4.69, 9.17) is 30.5 Å². The smallest absolute Gasteiger partial charge is 0.256 e. The second kappa shape index (κ2) is 16.3. The summed E-state index contributed by atoms with van der Waals surface area (Å²) in [5, 5.41) is 6.99. The van der Waals surface area contributed by atoms with Crippen LogP contribution in [-0.4, -0.2) is 58.6 Å². The van der Waals surface area contributed by atoms with Gasteiger partial charge in [0.25, 0.3) is 5.91 Å². The van der Waals surface area contributed by atoms with Crippen molar-refractivity contribution in [1.82, 2.24) is 24.8 Å². The molecule has 4 atom stereocenters. The molecule has 1 aliphatic rings. The number of anilines is 1. The van der Waals surface area contributed by atoms with E-state index in [2.05, 4.69) is 127 Å². The number of nitrogens with zero attached hydrogens (tertiary/aromatic N) is 4. The summed E-state index contributed by atoms with van der Waals surface area (Å²) in [6.45, 7) is 11.4. The molecule has 55 heavy (non-hydrogen) atoms. The molecule has 1 aliphatic heterocycles. The zero-order valence-corrected chi connectivity index (χ0v) is 34.2. The first kappa shape index (κ1) is 38.7. The molecule has 4 aromatic carbocycles. The molecule has 0 spiro atoms. The lowest BCUT2D eigenvalue weighted by molar-refractivity contribution is -0.0417. The highest BCUT2D eigenvalue weighted by Crippen LogP contribution is 2.45. The summed E-state index contributed by atoms with van der Waals surface area (Å²) in [4.78, 5) is 27.1. The molecule has 2 N–H and O–H groups in total. The molecule has 1 amide bonds. The van der Waals surface area contributed by atoms with Gasteiger partial charge in [-0.05, 0) is 58.8 Å². The predicted molar refractivity (Wildman–Crippen MR) is 222 cm³/mol. The van der Waals surface area contributed by atoms with E-state index in [0.717, 1.165) is 16.7 Å². The molecule has 10 nitrogen and oxygen atoms in total. The number of rotatable bonds is 13. The number of hydrogen-bond acceptors (Lipinski definition) is 9. The Hall–Kier alpha value is -4.52. The fraction of sp³-hybridized carbons (Fsp3) is 0.286. The van der Waals surface area contributed by atoms with Gasteiger partial charge in [-0.2, -0.15) is 0 Å². The van der Waals surface area contributed by atoms with Crippen LogP contribution in [0.15, 0.2) is 134 Å². The first-order chi connectivity index (χ1) is 26.5. The summed E-state index contributed by atoms with van der Waals surface area (Å²) in [7, 11) is -2.12. The Labute approximate surface area is 329 Å². The number of ether oxygens (including phenoxy) is 1. The lowest BCUT2D eigenvalue weighted by Gasteiger charge is -2.44. The van der Waals surface area contributed by atoms with Crippen LogP contribution in [-0.2, 0) is 31.0 Å². The van der Waals surface area contributed by atoms with Gasteiger partial charge in [0.15, 0.2) is 31.5 Å². The zero-order chi connectivity index (χ0) is 38.6. The Bertz CT molecular complexity index is 2130. The van der Waals surface area contributed by atoms with Crippen molar-refractivity contribution in [3.63, 3.8) is 0 Å². The second-order valence-electron chi connectivity index (χ2n) is 15.2. The minimum atomic E-state index is -2.48. The molecule has 282 valence electrons. The second-order valence-corrected chi connectivity index (χ2v) is 20.8. The van der Waals surface area contributed by atoms with E-state index in [-0.39, 0.29) is 17.6 Å². The highest BCUT2D eigenvalue weighted by Gasteiger charge is 2.54. The average molecular weight is 789 g/mol. The number of aromatic nitrogens is 4. The quantitative estimate of drug-likeness (QED) is 0.0675. The lowest BCUT2D eigenvalue weighted by atomic mass is 9.76. The van der Waals surface area contributed by atoms with Crippen molar-refractivity contribution in [3.8, 4) is 0 Å². The van der Waals surface area contributed by atoms with Crippen LogP contribution < -0.4 is 10.6 Å². The van der Waals surface area contributed by atoms with Gasteiger partial charge in [0.2, 0.25) is 0 Å². The molecular formula is C42H45N6O4PSSi. The summed E-state index contributed by atoms with van der Waals surface area (Å²) in [6, 6.07) is 40.0. The molecule has 6 aromatic rings. The Kier molecular flexibility index (Phi) is 11.5. The third kappa shape index (κ3) is 7.81. The minimum absolute atomic E-state index is 0.126. The molecule has 1 saturated heterocycles. The summed E-state index contributed by atoms with van der Waals surface area (Å²) in [5.74, 6) is 0.00298. The SMILES string of the molecule is CC(C)(C)[Si](C)(C)O[C@@H]1[C@H](NC(c2ccccc2)(c2ccccc2)c2ccccc2)[C@@H](COP=S)O[C@H]1n1cnc2c(NC(=O)c3ccccc3)ncnc21. The van der Waals surface area contributed by atoms with E-state index in [1.54, 1.807) is 18.5 Å². The molecular weight excluding hydrogens is 744 g/mol. The normalized spacial score (nSPS) is 19.1. The van der Waals surface area contributed by atoms with Crippen molar-refractivity contribution >= 4 is 50.6 Å². The number of nitrogens with one attached hydrogen (secondary N) is 2. The summed E-state index contributed by atoms with van der Waals surface area (Å²) in [6.07, 6.45) is 1.36. The predicted octanol–water partition coefficient (Wildman–Crippen LogP) is 8.66. The molecule has 2 aromatic heterocycles. The Morgan fingerprint density at radius 1 is 0.836 bits per heavy atom. The third-order valence-electron chi connectivity index (χ3n) is 10.8. The van der Waals surface area contributed by atoms with Crippen LogP contribution in [0.1, 0.15) is 54.0 Å². The average Bonchev–Trinajstić information content (AvgIpc) is 3.78. The zero-order valence-electron chi connectivity index (χ0n) is 31.5. The number of amides is 1. The van der Waals surface area contributed by atoms with E-state index in [0.29, 0.717) is 30.1 Å². The molecule has 0 aliphatic carbocycles. The fourth-order valence-electron chi connectivity index (χ4n) is 6.99. The van der Waals surface area contributed by atoms with Gasteiger partial charge in [-0.25, -0.2) is 15.0 Å². The molecule has 0 bridgehead atoms. The van der Waals surface area contributed by atoms with Gasteiger partial charge in [0, 0.05) is 5.56 Å². The van der Waals surface area contributed by atoms with E-state index >= 15 is 0 Å². The number of carbonyl (C=O) groups is 1. The maximum atomic E-state index is 13.2. The summed E-state index contributed by atoms with van der Waals surface area (Å²) < 4.78 is 22.4. The van der Waals surface area contributed by atoms with E-state index in [1.807, 2.05) is 41.0 Å². The number of hydrogen-bond donors (Lipinski definition) is 2. The van der Waals surface area contributed by atoms with Crippen LogP contribution in [0.5, 0.6) is 0 Å².